The molecule has 9 heteroatoms. The summed E-state index contributed by atoms with van der Waals surface area (Å²) >= 11 is 0. The van der Waals surface area contributed by atoms with Crippen LogP contribution in [0.4, 0.5) is 14.9 Å². The molecule has 3 N–H and O–H groups in total. The van der Waals surface area contributed by atoms with Crippen molar-refractivity contribution in [3.63, 3.8) is 0 Å². The lowest BCUT2D eigenvalue weighted by Gasteiger charge is -2.35. The number of aromatic nitrogens is 2. The van der Waals surface area contributed by atoms with Gasteiger partial charge < -0.3 is 25.3 Å². The summed E-state index contributed by atoms with van der Waals surface area (Å²) in [5.74, 6) is -0.516. The molecule has 0 spiro atoms. The van der Waals surface area contributed by atoms with Gasteiger partial charge in [0.25, 0.3) is 0 Å². The van der Waals surface area contributed by atoms with Crippen LogP contribution in [0.15, 0.2) is 24.5 Å². The van der Waals surface area contributed by atoms with Crippen LogP contribution in [0.2, 0.25) is 0 Å². The van der Waals surface area contributed by atoms with E-state index < -0.39 is 17.7 Å². The van der Waals surface area contributed by atoms with Crippen molar-refractivity contribution in [2.45, 2.75) is 19.5 Å². The van der Waals surface area contributed by atoms with Crippen molar-refractivity contribution in [3.8, 4) is 0 Å². The molecule has 0 radical (unpaired) electrons. The van der Waals surface area contributed by atoms with Gasteiger partial charge in [-0.3, -0.25) is 4.79 Å². The number of anilines is 1. The Balaban J connectivity index is 1.65. The molecule has 1 saturated heterocycles. The van der Waals surface area contributed by atoms with Gasteiger partial charge in [0.15, 0.2) is 0 Å². The lowest BCUT2D eigenvalue weighted by atomic mass is 10.2. The summed E-state index contributed by atoms with van der Waals surface area (Å²) in [7, 11) is 0. The highest BCUT2D eigenvalue weighted by atomic mass is 19.1. The normalized spacial score (nSPS) is 15.4. The van der Waals surface area contributed by atoms with Gasteiger partial charge >= 0.3 is 6.09 Å². The fraction of sp³-hybridized carbons (Fsp3) is 0.421. The van der Waals surface area contributed by atoms with Gasteiger partial charge in [-0.05, 0) is 26.0 Å². The molecule has 3 rings (SSSR count). The van der Waals surface area contributed by atoms with Gasteiger partial charge in [-0.1, -0.05) is 0 Å². The molecule has 0 aromatic carbocycles. The second kappa shape index (κ2) is 7.87. The molecule has 2 aromatic heterocycles. The number of rotatable bonds is 5. The van der Waals surface area contributed by atoms with Crippen LogP contribution in [0.3, 0.4) is 0 Å². The van der Waals surface area contributed by atoms with E-state index in [1.54, 1.807) is 23.4 Å². The number of ether oxygens (including phenoxy) is 1. The van der Waals surface area contributed by atoms with Crippen molar-refractivity contribution >= 4 is 34.8 Å². The van der Waals surface area contributed by atoms with E-state index in [4.69, 9.17) is 10.5 Å². The molecular formula is C19H24FN5O3. The highest BCUT2D eigenvalue weighted by molar-refractivity contribution is 5.95. The molecule has 0 atom stereocenters. The predicted octanol–water partition coefficient (Wildman–Crippen LogP) is 2.07. The number of pyridine rings is 1. The molecule has 150 valence electrons. The summed E-state index contributed by atoms with van der Waals surface area (Å²) in [6.45, 7) is 4.65. The van der Waals surface area contributed by atoms with Crippen LogP contribution in [0.5, 0.6) is 0 Å². The third-order valence-corrected chi connectivity index (χ3v) is 4.42. The van der Waals surface area contributed by atoms with E-state index in [0.717, 1.165) is 16.6 Å². The second-order valence-electron chi connectivity index (χ2n) is 7.32. The summed E-state index contributed by atoms with van der Waals surface area (Å²) < 4.78 is 18.5. The number of primary amides is 1. The van der Waals surface area contributed by atoms with E-state index >= 15 is 0 Å². The molecule has 1 fully saturated rings. The van der Waals surface area contributed by atoms with Crippen molar-refractivity contribution in [1.82, 2.24) is 14.9 Å². The number of H-pyrrole nitrogens is 1. The van der Waals surface area contributed by atoms with Gasteiger partial charge in [-0.15, -0.1) is 0 Å². The summed E-state index contributed by atoms with van der Waals surface area (Å²) in [6, 6.07) is 1.99. The molecule has 2 aromatic rings. The lowest BCUT2D eigenvalue weighted by molar-refractivity contribution is -0.113. The maximum Gasteiger partial charge on any atom is 0.409 e. The standard InChI is InChI=1S/C19H24FN5O3/c1-19(2,20)12-28-18(27)25-7-5-24(6-8-25)14-9-15-13(3-4-16(21)26)10-22-17(15)23-11-14/h3-4,9-11H,5-8,12H2,1-2H3,(H2,21,26)(H,22,23)/b4-3+. The fourth-order valence-electron chi connectivity index (χ4n) is 2.97. The number of alkyl halides is 1. The number of carbonyl (C=O) groups is 2. The van der Waals surface area contributed by atoms with Gasteiger partial charge in [0.2, 0.25) is 5.91 Å². The molecule has 8 nitrogen and oxygen atoms in total. The number of nitrogens with one attached hydrogen (secondary N) is 1. The summed E-state index contributed by atoms with van der Waals surface area (Å²) in [6.07, 6.45) is 5.98. The average Bonchev–Trinajstić information content (AvgIpc) is 3.06. The Labute approximate surface area is 162 Å². The highest BCUT2D eigenvalue weighted by Gasteiger charge is 2.25. The predicted molar refractivity (Wildman–Crippen MR) is 105 cm³/mol. The Bertz CT molecular complexity index is 895. The Morgan fingerprint density at radius 3 is 2.71 bits per heavy atom. The van der Waals surface area contributed by atoms with Crippen LogP contribution in [-0.4, -0.2) is 65.3 Å². The number of aromatic amines is 1. The van der Waals surface area contributed by atoms with E-state index in [0.29, 0.717) is 31.8 Å². The monoisotopic (exact) mass is 389 g/mol. The summed E-state index contributed by atoms with van der Waals surface area (Å²) in [5, 5.41) is 0.877. The maximum atomic E-state index is 13.5. The van der Waals surface area contributed by atoms with E-state index in [-0.39, 0.29) is 6.61 Å². The Hall–Kier alpha value is -3.10. The number of hydrogen-bond donors (Lipinski definition) is 2. The van der Waals surface area contributed by atoms with Crippen molar-refractivity contribution in [2.24, 2.45) is 5.73 Å². The summed E-state index contributed by atoms with van der Waals surface area (Å²) in [5.41, 5.74) is 6.06. The minimum absolute atomic E-state index is 0.262. The lowest BCUT2D eigenvalue weighted by Crippen LogP contribution is -2.49. The first-order valence-electron chi connectivity index (χ1n) is 9.03. The van der Waals surface area contributed by atoms with E-state index in [1.165, 1.54) is 19.9 Å². The first-order chi connectivity index (χ1) is 13.2. The molecule has 1 aliphatic rings. The largest absolute Gasteiger partial charge is 0.446 e. The van der Waals surface area contributed by atoms with Crippen molar-refractivity contribution in [3.05, 3.63) is 30.1 Å². The minimum Gasteiger partial charge on any atom is -0.446 e. The van der Waals surface area contributed by atoms with Crippen LogP contribution in [-0.2, 0) is 9.53 Å². The van der Waals surface area contributed by atoms with Crippen LogP contribution in [0.25, 0.3) is 17.1 Å². The molecule has 0 aliphatic carbocycles. The number of hydrogen-bond acceptors (Lipinski definition) is 5. The van der Waals surface area contributed by atoms with Gasteiger partial charge in [0, 0.05) is 49.4 Å². The number of halogens is 1. The number of amides is 2. The smallest absolute Gasteiger partial charge is 0.409 e. The van der Waals surface area contributed by atoms with E-state index in [1.807, 2.05) is 6.07 Å². The number of nitrogens with zero attached hydrogens (tertiary/aromatic N) is 3. The minimum atomic E-state index is -1.55. The quantitative estimate of drug-likeness (QED) is 0.762. The molecule has 2 amide bonds. The third-order valence-electron chi connectivity index (χ3n) is 4.42. The zero-order valence-corrected chi connectivity index (χ0v) is 15.9. The zero-order valence-electron chi connectivity index (χ0n) is 15.9. The third kappa shape index (κ3) is 4.79. The first-order valence-corrected chi connectivity index (χ1v) is 9.03. The topological polar surface area (TPSA) is 105 Å². The maximum absolute atomic E-state index is 13.5. The van der Waals surface area contributed by atoms with E-state index in [2.05, 4.69) is 14.9 Å². The van der Waals surface area contributed by atoms with Crippen molar-refractivity contribution < 1.29 is 18.7 Å². The first kappa shape index (κ1) is 19.7. The molecule has 0 saturated carbocycles. The van der Waals surface area contributed by atoms with Crippen molar-refractivity contribution in [2.75, 3.05) is 37.7 Å². The summed E-state index contributed by atoms with van der Waals surface area (Å²) in [4.78, 5) is 34.2. The second-order valence-corrected chi connectivity index (χ2v) is 7.32. The average molecular weight is 389 g/mol. The van der Waals surface area contributed by atoms with Gasteiger partial charge in [0.05, 0.1) is 11.9 Å². The van der Waals surface area contributed by atoms with E-state index in [9.17, 15) is 14.0 Å². The Morgan fingerprint density at radius 2 is 2.07 bits per heavy atom. The molecular weight excluding hydrogens is 365 g/mol. The van der Waals surface area contributed by atoms with Gasteiger partial charge in [-0.2, -0.15) is 0 Å². The van der Waals surface area contributed by atoms with Crippen LogP contribution in [0.1, 0.15) is 19.4 Å². The van der Waals surface area contributed by atoms with Crippen LogP contribution >= 0.6 is 0 Å². The highest BCUT2D eigenvalue weighted by Crippen LogP contribution is 2.24. The number of piperazine rings is 1. The molecule has 1 aliphatic heterocycles. The van der Waals surface area contributed by atoms with Crippen LogP contribution < -0.4 is 10.6 Å². The number of fused-ring (bicyclic) bond motifs is 1. The van der Waals surface area contributed by atoms with Gasteiger partial charge in [0.1, 0.15) is 17.9 Å². The molecule has 3 heterocycles. The molecule has 0 bridgehead atoms. The van der Waals surface area contributed by atoms with Gasteiger partial charge in [-0.25, -0.2) is 14.2 Å². The Morgan fingerprint density at radius 1 is 1.36 bits per heavy atom. The zero-order chi connectivity index (χ0) is 20.3. The van der Waals surface area contributed by atoms with Crippen LogP contribution in [0, 0.1) is 0 Å². The van der Waals surface area contributed by atoms with Crippen molar-refractivity contribution in [1.29, 1.82) is 0 Å². The fourth-order valence-corrected chi connectivity index (χ4v) is 2.97. The SMILES string of the molecule is CC(C)(F)COC(=O)N1CCN(c2cnc3[nH]cc(/C=C/C(N)=O)c3c2)CC1. The number of nitrogens with two attached hydrogens (primary N) is 1. The Kier molecular flexibility index (Phi) is 5.53. The number of carbonyl (C=O) groups excluding carboxylic acids is 2. The molecule has 0 unspecified atom stereocenters. The molecule has 28 heavy (non-hydrogen) atoms.